The summed E-state index contributed by atoms with van der Waals surface area (Å²) in [5, 5.41) is 5.10. The van der Waals surface area contributed by atoms with Crippen LogP contribution in [0.1, 0.15) is 33.4 Å². The summed E-state index contributed by atoms with van der Waals surface area (Å²) in [5.74, 6) is 0. The third-order valence-electron chi connectivity index (χ3n) is 12.4. The van der Waals surface area contributed by atoms with Crippen LogP contribution in [0, 0.1) is 27.7 Å². The fourth-order valence-electron chi connectivity index (χ4n) is 9.43. The second kappa shape index (κ2) is 12.4. The molecule has 0 spiro atoms. The fraction of sp³-hybridized carbons (Fsp3) is 0.115. The first-order valence-corrected chi connectivity index (χ1v) is 19.6. The molecule has 6 aromatic carbocycles. The Kier molecular flexibility index (Phi) is 7.21. The van der Waals surface area contributed by atoms with Crippen molar-refractivity contribution < 1.29 is 0 Å². The maximum absolute atomic E-state index is 4.62. The molecule has 1 aliphatic rings. The molecule has 4 aromatic heterocycles. The van der Waals surface area contributed by atoms with Crippen molar-refractivity contribution >= 4 is 43.6 Å². The molecule has 0 N–H and O–H groups in total. The summed E-state index contributed by atoms with van der Waals surface area (Å²) in [4.78, 5) is 9.23. The lowest BCUT2D eigenvalue weighted by Crippen LogP contribution is -2.05. The minimum Gasteiger partial charge on any atom is -0.307 e. The van der Waals surface area contributed by atoms with Crippen molar-refractivity contribution in [3.05, 3.63) is 179 Å². The van der Waals surface area contributed by atoms with E-state index in [9.17, 15) is 0 Å². The SMILES string of the molecule is Cc1ccccc1-c1ccc2c(c1)c1cc3c(cc1n2-c1cnccc1C)-c1cc2c(cc1CC3)c1cc(-c3ccccc3C)ccc1n2-c1cnccc1C. The standard InChI is InChI=1S/C52H40N4/c1-31-9-5-7-11-39(31)35-15-17-47-43(23-35)45-25-37-13-14-38-26-46-44-24-36(40-12-8-6-10-32(40)2)16-18-48(44)56(52-30-54-22-20-34(52)4)50(46)28-42(38)41(37)27-49(45)55(47)51-29-53-21-19-33(51)3/h5-12,15-30H,13-14H2,1-4H3. The predicted octanol–water partition coefficient (Wildman–Crippen LogP) is 13.0. The third-order valence-corrected chi connectivity index (χ3v) is 12.4. The summed E-state index contributed by atoms with van der Waals surface area (Å²) in [7, 11) is 0. The van der Waals surface area contributed by atoms with Crippen molar-refractivity contribution in [2.75, 3.05) is 0 Å². The largest absolute Gasteiger partial charge is 0.307 e. The number of aromatic nitrogens is 4. The molecule has 11 rings (SSSR count). The lowest BCUT2D eigenvalue weighted by atomic mass is 9.84. The van der Waals surface area contributed by atoms with Gasteiger partial charge in [0.2, 0.25) is 0 Å². The lowest BCUT2D eigenvalue weighted by Gasteiger charge is -2.22. The van der Waals surface area contributed by atoms with Gasteiger partial charge in [0.15, 0.2) is 0 Å². The molecule has 0 saturated carbocycles. The maximum Gasteiger partial charge on any atom is 0.0674 e. The summed E-state index contributed by atoms with van der Waals surface area (Å²) < 4.78 is 4.87. The van der Waals surface area contributed by atoms with E-state index in [1.54, 1.807) is 0 Å². The molecule has 0 saturated heterocycles. The average Bonchev–Trinajstić information content (AvgIpc) is 3.70. The van der Waals surface area contributed by atoms with Gasteiger partial charge in [-0.2, -0.15) is 0 Å². The minimum absolute atomic E-state index is 0.995. The van der Waals surface area contributed by atoms with Gasteiger partial charge in [0.05, 0.1) is 45.8 Å². The van der Waals surface area contributed by atoms with E-state index >= 15 is 0 Å². The zero-order valence-corrected chi connectivity index (χ0v) is 32.1. The summed E-state index contributed by atoms with van der Waals surface area (Å²) in [6.45, 7) is 8.77. The van der Waals surface area contributed by atoms with Gasteiger partial charge in [-0.15, -0.1) is 0 Å². The van der Waals surface area contributed by atoms with Gasteiger partial charge in [-0.3, -0.25) is 9.97 Å². The van der Waals surface area contributed by atoms with E-state index in [2.05, 4.69) is 168 Å². The number of aryl methyl sites for hydroxylation is 6. The van der Waals surface area contributed by atoms with E-state index in [-0.39, 0.29) is 0 Å². The average molecular weight is 721 g/mol. The molecule has 0 amide bonds. The van der Waals surface area contributed by atoms with Gasteiger partial charge >= 0.3 is 0 Å². The molecule has 268 valence electrons. The first-order valence-electron chi connectivity index (χ1n) is 19.6. The highest BCUT2D eigenvalue weighted by molar-refractivity contribution is 6.14. The summed E-state index contributed by atoms with van der Waals surface area (Å²) in [5.41, 5.74) is 22.4. The van der Waals surface area contributed by atoms with Crippen LogP contribution < -0.4 is 0 Å². The summed E-state index contributed by atoms with van der Waals surface area (Å²) >= 11 is 0. The number of benzene rings is 6. The summed E-state index contributed by atoms with van der Waals surface area (Å²) in [6.07, 6.45) is 9.79. The lowest BCUT2D eigenvalue weighted by molar-refractivity contribution is 0.945. The Balaban J connectivity index is 1.19. The fourth-order valence-corrected chi connectivity index (χ4v) is 9.43. The van der Waals surface area contributed by atoms with Crippen molar-refractivity contribution in [3.8, 4) is 44.8 Å². The van der Waals surface area contributed by atoms with Crippen molar-refractivity contribution in [2.24, 2.45) is 0 Å². The smallest absolute Gasteiger partial charge is 0.0674 e. The van der Waals surface area contributed by atoms with E-state index < -0.39 is 0 Å². The highest BCUT2D eigenvalue weighted by atomic mass is 15.0. The van der Waals surface area contributed by atoms with Gasteiger partial charge in [-0.25, -0.2) is 0 Å². The Morgan fingerprint density at radius 3 is 1.25 bits per heavy atom. The maximum atomic E-state index is 4.62. The molecule has 0 atom stereocenters. The van der Waals surface area contributed by atoms with E-state index in [4.69, 9.17) is 0 Å². The Hall–Kier alpha value is -6.78. The number of rotatable bonds is 4. The molecule has 10 aromatic rings. The number of hydrogen-bond acceptors (Lipinski definition) is 2. The molecule has 4 nitrogen and oxygen atoms in total. The third kappa shape index (κ3) is 4.85. The van der Waals surface area contributed by atoms with Gasteiger partial charge in [0, 0.05) is 33.9 Å². The molecule has 0 unspecified atom stereocenters. The topological polar surface area (TPSA) is 35.6 Å². The number of hydrogen-bond donors (Lipinski definition) is 0. The first-order chi connectivity index (χ1) is 27.4. The van der Waals surface area contributed by atoms with Crippen LogP contribution in [0.25, 0.3) is 88.4 Å². The zero-order chi connectivity index (χ0) is 37.7. The van der Waals surface area contributed by atoms with Crippen LogP contribution in [0.4, 0.5) is 0 Å². The Bertz CT molecular complexity index is 3030. The van der Waals surface area contributed by atoms with Crippen LogP contribution in [0.3, 0.4) is 0 Å². The van der Waals surface area contributed by atoms with E-state index in [1.165, 1.54) is 110 Å². The van der Waals surface area contributed by atoms with Gasteiger partial charge in [-0.1, -0.05) is 60.7 Å². The second-order valence-corrected chi connectivity index (χ2v) is 15.6. The molecule has 56 heavy (non-hydrogen) atoms. The zero-order valence-electron chi connectivity index (χ0n) is 32.1. The molecular formula is C52H40N4. The highest BCUT2D eigenvalue weighted by Crippen LogP contribution is 2.45. The molecule has 0 radical (unpaired) electrons. The van der Waals surface area contributed by atoms with Crippen molar-refractivity contribution in [3.63, 3.8) is 0 Å². The van der Waals surface area contributed by atoms with E-state index in [0.717, 1.165) is 24.2 Å². The van der Waals surface area contributed by atoms with Crippen molar-refractivity contribution in [1.29, 1.82) is 0 Å². The Labute approximate surface area is 326 Å². The number of fused-ring (bicyclic) bond motifs is 9. The van der Waals surface area contributed by atoms with Crippen LogP contribution in [0.2, 0.25) is 0 Å². The number of nitrogens with zero attached hydrogens (tertiary/aromatic N) is 4. The molecule has 1 aliphatic carbocycles. The van der Waals surface area contributed by atoms with Crippen molar-refractivity contribution in [1.82, 2.24) is 19.1 Å². The van der Waals surface area contributed by atoms with Crippen LogP contribution in [-0.2, 0) is 12.8 Å². The van der Waals surface area contributed by atoms with E-state index in [1.807, 2.05) is 24.8 Å². The predicted molar refractivity (Wildman–Crippen MR) is 233 cm³/mol. The van der Waals surface area contributed by atoms with Gasteiger partial charge < -0.3 is 9.13 Å². The molecule has 0 aliphatic heterocycles. The molecular weight excluding hydrogens is 681 g/mol. The minimum atomic E-state index is 0.995. The van der Waals surface area contributed by atoms with Crippen LogP contribution in [0.5, 0.6) is 0 Å². The quantitative estimate of drug-likeness (QED) is 0.181. The van der Waals surface area contributed by atoms with Crippen LogP contribution in [-0.4, -0.2) is 19.1 Å². The second-order valence-electron chi connectivity index (χ2n) is 15.6. The molecule has 0 bridgehead atoms. The molecule has 4 heterocycles. The van der Waals surface area contributed by atoms with Gasteiger partial charge in [0.25, 0.3) is 0 Å². The monoisotopic (exact) mass is 720 g/mol. The van der Waals surface area contributed by atoms with Crippen LogP contribution in [0.15, 0.2) is 146 Å². The summed E-state index contributed by atoms with van der Waals surface area (Å²) in [6, 6.07) is 45.5. The first kappa shape index (κ1) is 32.6. The van der Waals surface area contributed by atoms with Gasteiger partial charge in [0.1, 0.15) is 0 Å². The Morgan fingerprint density at radius 1 is 0.393 bits per heavy atom. The van der Waals surface area contributed by atoms with Crippen LogP contribution >= 0.6 is 0 Å². The highest BCUT2D eigenvalue weighted by Gasteiger charge is 2.25. The van der Waals surface area contributed by atoms with Gasteiger partial charge in [-0.05, 0) is 168 Å². The Morgan fingerprint density at radius 2 is 0.821 bits per heavy atom. The van der Waals surface area contributed by atoms with E-state index in [0.29, 0.717) is 0 Å². The number of pyridine rings is 2. The van der Waals surface area contributed by atoms with Crippen molar-refractivity contribution in [2.45, 2.75) is 40.5 Å². The normalized spacial score (nSPS) is 12.5. The molecule has 0 fully saturated rings. The molecule has 4 heteroatoms.